The summed E-state index contributed by atoms with van der Waals surface area (Å²) in [4.78, 5) is 0.155. The third-order valence-corrected chi connectivity index (χ3v) is 4.56. The van der Waals surface area contributed by atoms with Gasteiger partial charge in [0.25, 0.3) is 0 Å². The van der Waals surface area contributed by atoms with E-state index >= 15 is 0 Å². The fraction of sp³-hybridized carbons (Fsp3) is 0.357. The number of rotatable bonds is 7. The van der Waals surface area contributed by atoms with Crippen LogP contribution in [0.1, 0.15) is 5.56 Å². The molecule has 0 unspecified atom stereocenters. The van der Waals surface area contributed by atoms with Gasteiger partial charge in [0.2, 0.25) is 10.0 Å². The number of aromatic nitrogens is 2. The second-order valence-corrected chi connectivity index (χ2v) is 6.45. The summed E-state index contributed by atoms with van der Waals surface area (Å²) in [5.74, 6) is 1.26. The van der Waals surface area contributed by atoms with Crippen LogP contribution in [-0.2, 0) is 23.5 Å². The Balaban J connectivity index is 1.99. The molecule has 2 rings (SSSR count). The van der Waals surface area contributed by atoms with Gasteiger partial charge in [-0.15, -0.1) is 0 Å². The molecule has 0 saturated heterocycles. The standard InChI is InChI=1S/C14H19N3O4S/c1-17-10-12(9-15-17)22(18,19)16-7-6-11-4-5-13(20-2)14(8-11)21-3/h4-5,8-10,16H,6-7H2,1-3H3. The van der Waals surface area contributed by atoms with Crippen LogP contribution in [0.4, 0.5) is 0 Å². The molecule has 1 N–H and O–H groups in total. The average Bonchev–Trinajstić information content (AvgIpc) is 2.94. The van der Waals surface area contributed by atoms with Gasteiger partial charge in [-0.2, -0.15) is 5.10 Å². The highest BCUT2D eigenvalue weighted by molar-refractivity contribution is 7.89. The van der Waals surface area contributed by atoms with E-state index < -0.39 is 10.0 Å². The largest absolute Gasteiger partial charge is 0.493 e. The van der Waals surface area contributed by atoms with Crippen molar-refractivity contribution in [2.24, 2.45) is 7.05 Å². The summed E-state index contributed by atoms with van der Waals surface area (Å²) in [5, 5.41) is 3.86. The van der Waals surface area contributed by atoms with E-state index in [-0.39, 0.29) is 11.4 Å². The zero-order chi connectivity index (χ0) is 16.2. The average molecular weight is 325 g/mol. The molecule has 1 heterocycles. The first kappa shape index (κ1) is 16.3. The lowest BCUT2D eigenvalue weighted by molar-refractivity contribution is 0.354. The molecule has 1 aromatic heterocycles. The van der Waals surface area contributed by atoms with Crippen molar-refractivity contribution >= 4 is 10.0 Å². The maximum atomic E-state index is 12.1. The van der Waals surface area contributed by atoms with E-state index in [1.165, 1.54) is 17.1 Å². The summed E-state index contributed by atoms with van der Waals surface area (Å²) < 4.78 is 38.5. The lowest BCUT2D eigenvalue weighted by atomic mass is 10.1. The molecular weight excluding hydrogens is 306 g/mol. The minimum absolute atomic E-state index is 0.155. The summed E-state index contributed by atoms with van der Waals surface area (Å²) in [6.07, 6.45) is 3.32. The van der Waals surface area contributed by atoms with Crippen LogP contribution < -0.4 is 14.2 Å². The summed E-state index contributed by atoms with van der Waals surface area (Å²) in [6.45, 7) is 0.284. The van der Waals surface area contributed by atoms with Crippen molar-refractivity contribution < 1.29 is 17.9 Å². The Morgan fingerprint density at radius 3 is 2.55 bits per heavy atom. The van der Waals surface area contributed by atoms with Crippen LogP contribution >= 0.6 is 0 Å². The van der Waals surface area contributed by atoms with Crippen LogP contribution in [0.3, 0.4) is 0 Å². The van der Waals surface area contributed by atoms with Crippen LogP contribution in [0.15, 0.2) is 35.5 Å². The quantitative estimate of drug-likeness (QED) is 0.820. The Morgan fingerprint density at radius 1 is 1.23 bits per heavy atom. The van der Waals surface area contributed by atoms with E-state index in [4.69, 9.17) is 9.47 Å². The first-order valence-corrected chi connectivity index (χ1v) is 8.14. The van der Waals surface area contributed by atoms with Gasteiger partial charge < -0.3 is 9.47 Å². The van der Waals surface area contributed by atoms with E-state index in [0.29, 0.717) is 17.9 Å². The molecule has 0 fully saturated rings. The minimum Gasteiger partial charge on any atom is -0.493 e. The second kappa shape index (κ2) is 6.80. The van der Waals surface area contributed by atoms with Crippen LogP contribution in [0.25, 0.3) is 0 Å². The summed E-state index contributed by atoms with van der Waals surface area (Å²) in [5.41, 5.74) is 0.950. The molecule has 0 amide bonds. The lowest BCUT2D eigenvalue weighted by Crippen LogP contribution is -2.25. The molecular formula is C14H19N3O4S. The molecule has 120 valence electrons. The summed E-state index contributed by atoms with van der Waals surface area (Å²) in [6, 6.07) is 5.50. The molecule has 8 heteroatoms. The number of benzene rings is 1. The Labute approximate surface area is 129 Å². The fourth-order valence-electron chi connectivity index (χ4n) is 1.99. The van der Waals surface area contributed by atoms with Crippen molar-refractivity contribution in [3.63, 3.8) is 0 Å². The second-order valence-electron chi connectivity index (χ2n) is 4.69. The Morgan fingerprint density at radius 2 is 1.95 bits per heavy atom. The zero-order valence-electron chi connectivity index (χ0n) is 12.7. The molecule has 0 aliphatic carbocycles. The van der Waals surface area contributed by atoms with Crippen LogP contribution in [0, 0.1) is 0 Å². The van der Waals surface area contributed by atoms with Gasteiger partial charge in [0.15, 0.2) is 11.5 Å². The van der Waals surface area contributed by atoms with Gasteiger partial charge in [0, 0.05) is 19.8 Å². The third kappa shape index (κ3) is 3.77. The Kier molecular flexibility index (Phi) is 5.04. The monoisotopic (exact) mass is 325 g/mol. The highest BCUT2D eigenvalue weighted by Crippen LogP contribution is 2.27. The van der Waals surface area contributed by atoms with Crippen molar-refractivity contribution in [3.8, 4) is 11.5 Å². The highest BCUT2D eigenvalue weighted by Gasteiger charge is 2.15. The van der Waals surface area contributed by atoms with E-state index in [9.17, 15) is 8.42 Å². The van der Waals surface area contributed by atoms with E-state index in [1.54, 1.807) is 27.3 Å². The Bertz CT molecular complexity index is 740. The highest BCUT2D eigenvalue weighted by atomic mass is 32.2. The SMILES string of the molecule is COc1ccc(CCNS(=O)(=O)c2cnn(C)c2)cc1OC. The van der Waals surface area contributed by atoms with Crippen molar-refractivity contribution in [2.45, 2.75) is 11.3 Å². The molecule has 0 aliphatic rings. The molecule has 0 spiro atoms. The number of ether oxygens (including phenoxy) is 2. The molecule has 0 atom stereocenters. The third-order valence-electron chi connectivity index (χ3n) is 3.15. The lowest BCUT2D eigenvalue weighted by Gasteiger charge is -2.10. The Hall–Kier alpha value is -2.06. The van der Waals surface area contributed by atoms with Crippen molar-refractivity contribution in [3.05, 3.63) is 36.2 Å². The number of sulfonamides is 1. The first-order chi connectivity index (χ1) is 10.5. The van der Waals surface area contributed by atoms with Crippen molar-refractivity contribution in [1.82, 2.24) is 14.5 Å². The van der Waals surface area contributed by atoms with E-state index in [0.717, 1.165) is 5.56 Å². The zero-order valence-corrected chi connectivity index (χ0v) is 13.6. The summed E-state index contributed by atoms with van der Waals surface area (Å²) >= 11 is 0. The van der Waals surface area contributed by atoms with Gasteiger partial charge in [-0.3, -0.25) is 4.68 Å². The maximum Gasteiger partial charge on any atom is 0.243 e. The fourth-order valence-corrected chi connectivity index (χ4v) is 3.00. The molecule has 0 radical (unpaired) electrons. The molecule has 7 nitrogen and oxygen atoms in total. The van der Waals surface area contributed by atoms with Gasteiger partial charge in [0.05, 0.1) is 20.4 Å². The van der Waals surface area contributed by atoms with Gasteiger partial charge >= 0.3 is 0 Å². The molecule has 0 aliphatic heterocycles. The molecule has 1 aromatic carbocycles. The van der Waals surface area contributed by atoms with E-state index in [2.05, 4.69) is 9.82 Å². The number of methoxy groups -OCH3 is 2. The minimum atomic E-state index is -3.53. The van der Waals surface area contributed by atoms with Crippen LogP contribution in [-0.4, -0.2) is 39.0 Å². The van der Waals surface area contributed by atoms with Crippen LogP contribution in [0.5, 0.6) is 11.5 Å². The van der Waals surface area contributed by atoms with Crippen molar-refractivity contribution in [2.75, 3.05) is 20.8 Å². The predicted octanol–water partition coefficient (Wildman–Crippen LogP) is 0.958. The maximum absolute atomic E-state index is 12.1. The predicted molar refractivity (Wildman–Crippen MR) is 81.6 cm³/mol. The topological polar surface area (TPSA) is 82.5 Å². The number of nitrogens with zero attached hydrogens (tertiary/aromatic N) is 2. The number of nitrogens with one attached hydrogen (secondary N) is 1. The van der Waals surface area contributed by atoms with Gasteiger partial charge in [-0.25, -0.2) is 13.1 Å². The summed E-state index contributed by atoms with van der Waals surface area (Å²) in [7, 11) is 1.27. The van der Waals surface area contributed by atoms with E-state index in [1.807, 2.05) is 12.1 Å². The normalized spacial score (nSPS) is 11.4. The van der Waals surface area contributed by atoms with Gasteiger partial charge in [0.1, 0.15) is 4.90 Å². The number of hydrogen-bond donors (Lipinski definition) is 1. The molecule has 0 saturated carbocycles. The first-order valence-electron chi connectivity index (χ1n) is 6.65. The van der Waals surface area contributed by atoms with Gasteiger partial charge in [-0.1, -0.05) is 6.07 Å². The molecule has 0 bridgehead atoms. The van der Waals surface area contributed by atoms with Crippen molar-refractivity contribution in [1.29, 1.82) is 0 Å². The molecule has 22 heavy (non-hydrogen) atoms. The van der Waals surface area contributed by atoms with Crippen LogP contribution in [0.2, 0.25) is 0 Å². The smallest absolute Gasteiger partial charge is 0.243 e. The number of hydrogen-bond acceptors (Lipinski definition) is 5. The molecule has 2 aromatic rings. The van der Waals surface area contributed by atoms with Gasteiger partial charge in [-0.05, 0) is 24.1 Å². The number of aryl methyl sites for hydroxylation is 1.